The van der Waals surface area contributed by atoms with Crippen molar-refractivity contribution in [2.75, 3.05) is 13.1 Å². The predicted octanol–water partition coefficient (Wildman–Crippen LogP) is 1.50. The van der Waals surface area contributed by atoms with E-state index >= 15 is 0 Å². The molecule has 0 aliphatic heterocycles. The molecule has 0 amide bonds. The second-order valence-corrected chi connectivity index (χ2v) is 5.07. The van der Waals surface area contributed by atoms with Crippen LogP contribution in [0.15, 0.2) is 41.7 Å². The van der Waals surface area contributed by atoms with Crippen LogP contribution in [0.1, 0.15) is 24.7 Å². The number of hydrogen-bond acceptors (Lipinski definition) is 3. The monoisotopic (exact) mass is 300 g/mol. The zero-order chi connectivity index (χ0) is 15.6. The van der Waals surface area contributed by atoms with Gasteiger partial charge in [-0.15, -0.1) is 10.2 Å². The second kappa shape index (κ2) is 8.81. The van der Waals surface area contributed by atoms with Crippen LogP contribution < -0.4 is 10.6 Å². The van der Waals surface area contributed by atoms with Gasteiger partial charge in [0.1, 0.15) is 12.9 Å². The summed E-state index contributed by atoms with van der Waals surface area (Å²) in [6, 6.07) is 10.5. The molecule has 1 aromatic heterocycles. The highest BCUT2D eigenvalue weighted by molar-refractivity contribution is 5.79. The van der Waals surface area contributed by atoms with Gasteiger partial charge in [-0.05, 0) is 25.3 Å². The van der Waals surface area contributed by atoms with Crippen molar-refractivity contribution >= 4 is 5.96 Å². The number of aromatic nitrogens is 3. The first kappa shape index (κ1) is 16.0. The van der Waals surface area contributed by atoms with E-state index in [9.17, 15) is 0 Å². The third-order valence-corrected chi connectivity index (χ3v) is 3.31. The zero-order valence-electron chi connectivity index (χ0n) is 13.3. The van der Waals surface area contributed by atoms with Crippen LogP contribution in [-0.4, -0.2) is 33.8 Å². The van der Waals surface area contributed by atoms with E-state index in [4.69, 9.17) is 0 Å². The van der Waals surface area contributed by atoms with Crippen LogP contribution in [-0.2, 0) is 20.0 Å². The molecule has 0 aliphatic carbocycles. The second-order valence-electron chi connectivity index (χ2n) is 5.07. The summed E-state index contributed by atoms with van der Waals surface area (Å²) < 4.78 is 1.88. The molecule has 2 rings (SSSR count). The number of nitrogens with zero attached hydrogens (tertiary/aromatic N) is 4. The molecule has 6 heteroatoms. The molecule has 6 nitrogen and oxygen atoms in total. The summed E-state index contributed by atoms with van der Waals surface area (Å²) in [6.07, 6.45) is 3.82. The van der Waals surface area contributed by atoms with Gasteiger partial charge in [0.05, 0.1) is 0 Å². The summed E-state index contributed by atoms with van der Waals surface area (Å²) in [5.74, 6) is 1.67. The lowest BCUT2D eigenvalue weighted by atomic mass is 10.1. The van der Waals surface area contributed by atoms with Crippen molar-refractivity contribution in [2.24, 2.45) is 12.0 Å². The average Bonchev–Trinajstić information content (AvgIpc) is 2.95. The highest BCUT2D eigenvalue weighted by atomic mass is 15.3. The smallest absolute Gasteiger partial charge is 0.191 e. The lowest BCUT2D eigenvalue weighted by Gasteiger charge is -2.11. The summed E-state index contributed by atoms with van der Waals surface area (Å²) in [7, 11) is 1.92. The number of nitrogens with one attached hydrogen (secondary N) is 2. The third-order valence-electron chi connectivity index (χ3n) is 3.31. The number of rotatable bonds is 7. The van der Waals surface area contributed by atoms with E-state index in [1.807, 2.05) is 17.7 Å². The first-order chi connectivity index (χ1) is 10.8. The van der Waals surface area contributed by atoms with Gasteiger partial charge in [-0.3, -0.25) is 0 Å². The van der Waals surface area contributed by atoms with Crippen molar-refractivity contribution < 1.29 is 0 Å². The fourth-order valence-corrected chi connectivity index (χ4v) is 2.09. The van der Waals surface area contributed by atoms with Crippen molar-refractivity contribution in [1.29, 1.82) is 0 Å². The van der Waals surface area contributed by atoms with Crippen LogP contribution in [0.4, 0.5) is 0 Å². The van der Waals surface area contributed by atoms with Crippen molar-refractivity contribution in [1.82, 2.24) is 25.4 Å². The summed E-state index contributed by atoms with van der Waals surface area (Å²) in [5, 5.41) is 14.5. The molecule has 1 heterocycles. The highest BCUT2D eigenvalue weighted by Gasteiger charge is 2.01. The van der Waals surface area contributed by atoms with E-state index in [2.05, 4.69) is 57.0 Å². The Morgan fingerprint density at radius 3 is 2.73 bits per heavy atom. The topological polar surface area (TPSA) is 67.1 Å². The predicted molar refractivity (Wildman–Crippen MR) is 88.6 cm³/mol. The van der Waals surface area contributed by atoms with Crippen molar-refractivity contribution in [3.8, 4) is 0 Å². The molecule has 0 saturated carbocycles. The third kappa shape index (κ3) is 5.20. The lowest BCUT2D eigenvalue weighted by molar-refractivity contribution is 0.733. The molecule has 2 N–H and O–H groups in total. The molecule has 118 valence electrons. The number of guanidine groups is 1. The molecule has 0 fully saturated rings. The molecule has 0 saturated heterocycles. The maximum absolute atomic E-state index is 4.53. The molecule has 22 heavy (non-hydrogen) atoms. The maximum Gasteiger partial charge on any atom is 0.191 e. The fraction of sp³-hybridized carbons (Fsp3) is 0.438. The van der Waals surface area contributed by atoms with Gasteiger partial charge in [-0.2, -0.15) is 0 Å². The molecular formula is C16H24N6. The number of benzene rings is 1. The first-order valence-electron chi connectivity index (χ1n) is 7.68. The molecule has 0 spiro atoms. The van der Waals surface area contributed by atoms with Crippen LogP contribution in [0.5, 0.6) is 0 Å². The van der Waals surface area contributed by atoms with Gasteiger partial charge in [-0.1, -0.05) is 30.3 Å². The van der Waals surface area contributed by atoms with E-state index in [0.29, 0.717) is 6.54 Å². The summed E-state index contributed by atoms with van der Waals surface area (Å²) in [5.41, 5.74) is 1.37. The summed E-state index contributed by atoms with van der Waals surface area (Å²) in [6.45, 7) is 4.30. The van der Waals surface area contributed by atoms with E-state index < -0.39 is 0 Å². The molecule has 2 aromatic rings. The summed E-state index contributed by atoms with van der Waals surface area (Å²) >= 11 is 0. The SMILES string of the molecule is CCNC(=NCc1nncn1C)NCCCc1ccccc1. The number of aliphatic imine (C=N–C) groups is 1. The normalized spacial score (nSPS) is 11.5. The number of aryl methyl sites for hydroxylation is 2. The van der Waals surface area contributed by atoms with Gasteiger partial charge >= 0.3 is 0 Å². The van der Waals surface area contributed by atoms with Crippen molar-refractivity contribution in [3.05, 3.63) is 48.0 Å². The fourth-order valence-electron chi connectivity index (χ4n) is 2.09. The quantitative estimate of drug-likeness (QED) is 0.462. The van der Waals surface area contributed by atoms with Crippen molar-refractivity contribution in [2.45, 2.75) is 26.3 Å². The van der Waals surface area contributed by atoms with Crippen molar-refractivity contribution in [3.63, 3.8) is 0 Å². The maximum atomic E-state index is 4.53. The van der Waals surface area contributed by atoms with Gasteiger partial charge in [0, 0.05) is 20.1 Å². The van der Waals surface area contributed by atoms with Crippen LogP contribution in [0.3, 0.4) is 0 Å². The minimum absolute atomic E-state index is 0.518. The number of hydrogen-bond donors (Lipinski definition) is 2. The van der Waals surface area contributed by atoms with E-state index in [-0.39, 0.29) is 0 Å². The van der Waals surface area contributed by atoms with E-state index in [1.165, 1.54) is 5.56 Å². The Hall–Kier alpha value is -2.37. The van der Waals surface area contributed by atoms with E-state index in [1.54, 1.807) is 6.33 Å². The van der Waals surface area contributed by atoms with Gasteiger partial charge in [0.25, 0.3) is 0 Å². The van der Waals surface area contributed by atoms with E-state index in [0.717, 1.165) is 37.7 Å². The Morgan fingerprint density at radius 1 is 1.23 bits per heavy atom. The van der Waals surface area contributed by atoms with Gasteiger partial charge in [0.15, 0.2) is 11.8 Å². The van der Waals surface area contributed by atoms with Crippen LogP contribution >= 0.6 is 0 Å². The van der Waals surface area contributed by atoms with Crippen LogP contribution in [0, 0.1) is 0 Å². The minimum Gasteiger partial charge on any atom is -0.357 e. The molecule has 0 atom stereocenters. The lowest BCUT2D eigenvalue weighted by Crippen LogP contribution is -2.37. The molecule has 0 unspecified atom stereocenters. The minimum atomic E-state index is 0.518. The molecule has 0 radical (unpaired) electrons. The molecule has 0 aliphatic rings. The largest absolute Gasteiger partial charge is 0.357 e. The molecule has 0 bridgehead atoms. The Morgan fingerprint density at radius 2 is 2.05 bits per heavy atom. The average molecular weight is 300 g/mol. The van der Waals surface area contributed by atoms with Gasteiger partial charge in [0.2, 0.25) is 0 Å². The summed E-state index contributed by atoms with van der Waals surface area (Å²) in [4.78, 5) is 4.53. The molecular weight excluding hydrogens is 276 g/mol. The Labute approximate surface area is 131 Å². The Kier molecular flexibility index (Phi) is 6.41. The Bertz CT molecular complexity index is 575. The molecule has 1 aromatic carbocycles. The zero-order valence-corrected chi connectivity index (χ0v) is 13.3. The van der Waals surface area contributed by atoms with Crippen LogP contribution in [0.25, 0.3) is 0 Å². The van der Waals surface area contributed by atoms with Crippen LogP contribution in [0.2, 0.25) is 0 Å². The Balaban J connectivity index is 1.77. The first-order valence-corrected chi connectivity index (χ1v) is 7.68. The van der Waals surface area contributed by atoms with Gasteiger partial charge in [-0.25, -0.2) is 4.99 Å². The highest BCUT2D eigenvalue weighted by Crippen LogP contribution is 2.01. The van der Waals surface area contributed by atoms with Gasteiger partial charge < -0.3 is 15.2 Å². The standard InChI is InChI=1S/C16H24N6/c1-3-17-16(19-12-15-21-20-13-22(15)2)18-11-7-10-14-8-5-4-6-9-14/h4-6,8-9,13H,3,7,10-12H2,1-2H3,(H2,17,18,19).